The van der Waals surface area contributed by atoms with Crippen LogP contribution in [0, 0.1) is 17.8 Å². The quantitative estimate of drug-likeness (QED) is 0.321. The van der Waals surface area contributed by atoms with E-state index in [0.29, 0.717) is 27.8 Å². The van der Waals surface area contributed by atoms with Gasteiger partial charge in [0.1, 0.15) is 12.6 Å². The van der Waals surface area contributed by atoms with Gasteiger partial charge >= 0.3 is 0 Å². The normalized spacial score (nSPS) is 25.2. The molecule has 0 spiro atoms. The minimum absolute atomic E-state index is 0.0684. The van der Waals surface area contributed by atoms with Crippen LogP contribution < -0.4 is 9.62 Å². The highest BCUT2D eigenvalue weighted by molar-refractivity contribution is 7.92. The van der Waals surface area contributed by atoms with Gasteiger partial charge in [-0.1, -0.05) is 48.3 Å². The van der Waals surface area contributed by atoms with Crippen LogP contribution in [-0.4, -0.2) is 50.5 Å². The molecule has 0 radical (unpaired) electrons. The summed E-state index contributed by atoms with van der Waals surface area (Å²) in [5.41, 5.74) is 2.60. The van der Waals surface area contributed by atoms with Crippen molar-refractivity contribution in [3.05, 3.63) is 63.6 Å². The van der Waals surface area contributed by atoms with E-state index in [2.05, 4.69) is 17.4 Å². The van der Waals surface area contributed by atoms with E-state index < -0.39 is 28.5 Å². The molecular weight excluding hydrogens is 593 g/mol. The maximum atomic E-state index is 13.8. The first-order chi connectivity index (χ1) is 19.9. The second-order valence-electron chi connectivity index (χ2n) is 12.8. The lowest BCUT2D eigenvalue weighted by Gasteiger charge is -2.57. The third-order valence-electron chi connectivity index (χ3n) is 9.54. The third-order valence-corrected chi connectivity index (χ3v) is 11.4. The van der Waals surface area contributed by atoms with Crippen molar-refractivity contribution in [2.75, 3.05) is 23.7 Å². The lowest BCUT2D eigenvalue weighted by molar-refractivity contribution is -0.139. The SMILES string of the molecule is CCCNC(=O)[C@@H](C)N(Cc1ccc(Cl)c(Cl)c1)C(=O)CN(c1ccc(C23CC4CC(CC(C4)C2)C3)cc1)S(C)(=O)=O. The van der Waals surface area contributed by atoms with Crippen molar-refractivity contribution in [2.24, 2.45) is 17.8 Å². The van der Waals surface area contributed by atoms with Crippen molar-refractivity contribution in [3.63, 3.8) is 0 Å². The molecule has 42 heavy (non-hydrogen) atoms. The van der Waals surface area contributed by atoms with Crippen LogP contribution in [0.3, 0.4) is 0 Å². The molecule has 6 rings (SSSR count). The van der Waals surface area contributed by atoms with Crippen molar-refractivity contribution in [3.8, 4) is 0 Å². The first-order valence-corrected chi connectivity index (χ1v) is 17.6. The zero-order valence-electron chi connectivity index (χ0n) is 24.6. The van der Waals surface area contributed by atoms with E-state index in [1.54, 1.807) is 25.1 Å². The third kappa shape index (κ3) is 6.61. The molecule has 10 heteroatoms. The fourth-order valence-corrected chi connectivity index (χ4v) is 9.04. The Morgan fingerprint density at radius 1 is 0.976 bits per heavy atom. The molecule has 1 N–H and O–H groups in total. The predicted octanol–water partition coefficient (Wildman–Crippen LogP) is 6.17. The largest absolute Gasteiger partial charge is 0.354 e. The Hall–Kier alpha value is -2.29. The molecule has 7 nitrogen and oxygen atoms in total. The number of halogens is 2. The van der Waals surface area contributed by atoms with Gasteiger partial charge in [0.15, 0.2) is 0 Å². The maximum absolute atomic E-state index is 13.8. The molecule has 0 heterocycles. The standard InChI is InChI=1S/C32H41Cl2N3O4S/c1-4-11-35-31(39)21(2)36(19-22-5-10-28(33)29(34)15-22)30(38)20-37(42(3,40)41)27-8-6-26(7-9-27)32-16-23-12-24(17-32)14-25(13-23)18-32/h5-10,15,21,23-25H,4,11-14,16-20H2,1-3H3,(H,35,39)/t21-,23?,24?,25?,32?/m1/s1. The minimum atomic E-state index is -3.80. The minimum Gasteiger partial charge on any atom is -0.354 e. The van der Waals surface area contributed by atoms with Crippen LogP contribution in [0.15, 0.2) is 42.5 Å². The van der Waals surface area contributed by atoms with E-state index in [1.165, 1.54) is 49.0 Å². The summed E-state index contributed by atoms with van der Waals surface area (Å²) in [5, 5.41) is 3.55. The van der Waals surface area contributed by atoms with Crippen LogP contribution in [0.5, 0.6) is 0 Å². The second-order valence-corrected chi connectivity index (χ2v) is 15.5. The molecule has 4 aliphatic rings. The average Bonchev–Trinajstić information content (AvgIpc) is 2.93. The number of carbonyl (C=O) groups excluding carboxylic acids is 2. The van der Waals surface area contributed by atoms with Crippen molar-refractivity contribution < 1.29 is 18.0 Å². The number of rotatable bonds is 11. The molecular formula is C32H41Cl2N3O4S. The molecule has 4 bridgehead atoms. The van der Waals surface area contributed by atoms with Crippen LogP contribution in [0.1, 0.15) is 69.9 Å². The molecule has 4 aliphatic carbocycles. The highest BCUT2D eigenvalue weighted by Gasteiger charge is 2.51. The van der Waals surface area contributed by atoms with E-state index in [1.807, 2.05) is 19.1 Å². The Morgan fingerprint density at radius 2 is 1.57 bits per heavy atom. The van der Waals surface area contributed by atoms with Gasteiger partial charge in [-0.2, -0.15) is 0 Å². The summed E-state index contributed by atoms with van der Waals surface area (Å²) in [6, 6.07) is 12.0. The number of hydrogen-bond donors (Lipinski definition) is 1. The zero-order chi connectivity index (χ0) is 30.2. The van der Waals surface area contributed by atoms with Crippen molar-refractivity contribution in [1.29, 1.82) is 0 Å². The number of amides is 2. The highest BCUT2D eigenvalue weighted by atomic mass is 35.5. The zero-order valence-corrected chi connectivity index (χ0v) is 26.9. The van der Waals surface area contributed by atoms with Gasteiger partial charge in [-0.15, -0.1) is 0 Å². The van der Waals surface area contributed by atoms with Gasteiger partial charge in [-0.05, 0) is 110 Å². The summed E-state index contributed by atoms with van der Waals surface area (Å²) < 4.78 is 27.2. The number of nitrogens with one attached hydrogen (secondary N) is 1. The van der Waals surface area contributed by atoms with Gasteiger partial charge in [-0.25, -0.2) is 8.42 Å². The Balaban J connectivity index is 1.39. The van der Waals surface area contributed by atoms with Crippen molar-refractivity contribution in [1.82, 2.24) is 10.2 Å². The molecule has 2 aromatic rings. The molecule has 2 aromatic carbocycles. The van der Waals surface area contributed by atoms with Crippen LogP contribution in [-0.2, 0) is 31.6 Å². The maximum Gasteiger partial charge on any atom is 0.244 e. The molecule has 228 valence electrons. The number of hydrogen-bond acceptors (Lipinski definition) is 4. The molecule has 2 amide bonds. The first-order valence-electron chi connectivity index (χ1n) is 15.0. The molecule has 1 atom stereocenters. The number of benzene rings is 2. The summed E-state index contributed by atoms with van der Waals surface area (Å²) in [4.78, 5) is 28.2. The first kappa shape index (κ1) is 31.1. The Bertz CT molecular complexity index is 1390. The van der Waals surface area contributed by atoms with Gasteiger partial charge in [0.25, 0.3) is 0 Å². The Morgan fingerprint density at radius 3 is 2.10 bits per heavy atom. The van der Waals surface area contributed by atoms with Gasteiger partial charge in [0.2, 0.25) is 21.8 Å². The predicted molar refractivity (Wildman–Crippen MR) is 168 cm³/mol. The fourth-order valence-electron chi connectivity index (χ4n) is 7.87. The van der Waals surface area contributed by atoms with Gasteiger partial charge in [-0.3, -0.25) is 13.9 Å². The molecule has 0 unspecified atom stereocenters. The van der Waals surface area contributed by atoms with Crippen molar-refractivity contribution in [2.45, 2.75) is 76.8 Å². The monoisotopic (exact) mass is 633 g/mol. The molecule has 0 saturated heterocycles. The molecule has 0 aromatic heterocycles. The summed E-state index contributed by atoms with van der Waals surface area (Å²) in [7, 11) is -3.80. The highest BCUT2D eigenvalue weighted by Crippen LogP contribution is 2.60. The van der Waals surface area contributed by atoms with Crippen LogP contribution >= 0.6 is 23.2 Å². The molecule has 4 fully saturated rings. The van der Waals surface area contributed by atoms with E-state index in [9.17, 15) is 18.0 Å². The Labute approximate surface area is 260 Å². The van der Waals surface area contributed by atoms with E-state index in [-0.39, 0.29) is 17.9 Å². The van der Waals surface area contributed by atoms with Crippen LogP contribution in [0.25, 0.3) is 0 Å². The summed E-state index contributed by atoms with van der Waals surface area (Å²) >= 11 is 12.3. The smallest absolute Gasteiger partial charge is 0.244 e. The number of carbonyl (C=O) groups is 2. The second kappa shape index (κ2) is 12.4. The number of anilines is 1. The lowest BCUT2D eigenvalue weighted by atomic mass is 9.48. The van der Waals surface area contributed by atoms with Gasteiger partial charge in [0, 0.05) is 13.1 Å². The topological polar surface area (TPSA) is 86.8 Å². The summed E-state index contributed by atoms with van der Waals surface area (Å²) in [5.74, 6) is 1.61. The van der Waals surface area contributed by atoms with Crippen molar-refractivity contribution >= 4 is 50.7 Å². The number of nitrogens with zero attached hydrogens (tertiary/aromatic N) is 2. The molecule has 0 aliphatic heterocycles. The molecule has 4 saturated carbocycles. The van der Waals surface area contributed by atoms with Gasteiger partial charge < -0.3 is 10.2 Å². The lowest BCUT2D eigenvalue weighted by Crippen LogP contribution is -2.51. The van der Waals surface area contributed by atoms with E-state index in [0.717, 1.165) is 34.7 Å². The summed E-state index contributed by atoms with van der Waals surface area (Å²) in [6.07, 6.45) is 9.57. The summed E-state index contributed by atoms with van der Waals surface area (Å²) in [6.45, 7) is 3.71. The fraction of sp³-hybridized carbons (Fsp3) is 0.562. The van der Waals surface area contributed by atoms with Gasteiger partial charge in [0.05, 0.1) is 22.0 Å². The average molecular weight is 635 g/mol. The van der Waals surface area contributed by atoms with E-state index >= 15 is 0 Å². The Kier molecular flexibility index (Phi) is 9.17. The number of sulfonamides is 1. The van der Waals surface area contributed by atoms with Crippen LogP contribution in [0.2, 0.25) is 10.0 Å². The van der Waals surface area contributed by atoms with E-state index in [4.69, 9.17) is 23.2 Å². The van der Waals surface area contributed by atoms with Crippen LogP contribution in [0.4, 0.5) is 5.69 Å².